The van der Waals surface area contributed by atoms with Gasteiger partial charge in [-0.15, -0.1) is 0 Å². The van der Waals surface area contributed by atoms with E-state index in [0.29, 0.717) is 0 Å². The quantitative estimate of drug-likeness (QED) is 0.618. The Hall–Kier alpha value is -2.42. The summed E-state index contributed by atoms with van der Waals surface area (Å²) < 4.78 is 0. The molecule has 0 unspecified atom stereocenters. The third-order valence-electron chi connectivity index (χ3n) is 5.92. The minimum Gasteiger partial charge on any atom is -0.376 e. The first kappa shape index (κ1) is 18.9. The molecule has 0 spiro atoms. The minimum atomic E-state index is -1.16. The SMILES string of the molecule is Cc1cc(CN2CCCCC2)ccc1C(O)(c1ccccc1)c1ccccc1. The zero-order valence-electron chi connectivity index (χ0n) is 16.6. The summed E-state index contributed by atoms with van der Waals surface area (Å²) in [6.07, 6.45) is 3.97. The topological polar surface area (TPSA) is 23.5 Å². The number of piperidine rings is 1. The van der Waals surface area contributed by atoms with Crippen LogP contribution in [0.5, 0.6) is 0 Å². The maximum Gasteiger partial charge on any atom is 0.140 e. The molecule has 2 heteroatoms. The molecule has 1 saturated heterocycles. The van der Waals surface area contributed by atoms with Gasteiger partial charge in [-0.1, -0.05) is 85.3 Å². The summed E-state index contributed by atoms with van der Waals surface area (Å²) in [5.41, 5.74) is 4.04. The highest BCUT2D eigenvalue weighted by molar-refractivity contribution is 5.50. The normalized spacial score (nSPS) is 15.5. The fourth-order valence-electron chi connectivity index (χ4n) is 4.44. The number of hydrogen-bond donors (Lipinski definition) is 1. The average molecular weight is 372 g/mol. The first-order valence-corrected chi connectivity index (χ1v) is 10.3. The van der Waals surface area contributed by atoms with Crippen molar-refractivity contribution in [1.29, 1.82) is 0 Å². The first-order chi connectivity index (χ1) is 13.7. The minimum absolute atomic E-state index is 0.896. The van der Waals surface area contributed by atoms with Crippen LogP contribution in [0.2, 0.25) is 0 Å². The zero-order chi connectivity index (χ0) is 19.4. The van der Waals surface area contributed by atoms with Crippen LogP contribution in [-0.4, -0.2) is 23.1 Å². The van der Waals surface area contributed by atoms with Gasteiger partial charge in [0.2, 0.25) is 0 Å². The van der Waals surface area contributed by atoms with E-state index in [9.17, 15) is 5.11 Å². The lowest BCUT2D eigenvalue weighted by Gasteiger charge is -2.32. The fraction of sp³-hybridized carbons (Fsp3) is 0.308. The van der Waals surface area contributed by atoms with Crippen LogP contribution in [0, 0.1) is 6.92 Å². The number of aryl methyl sites for hydroxylation is 1. The molecule has 1 heterocycles. The summed E-state index contributed by atoms with van der Waals surface area (Å²) in [5, 5.41) is 12.0. The van der Waals surface area contributed by atoms with Gasteiger partial charge in [0.1, 0.15) is 5.60 Å². The van der Waals surface area contributed by atoms with Gasteiger partial charge in [0, 0.05) is 6.54 Å². The molecule has 0 aromatic heterocycles. The molecule has 1 aliphatic rings. The van der Waals surface area contributed by atoms with E-state index in [0.717, 1.165) is 28.8 Å². The lowest BCUT2D eigenvalue weighted by molar-refractivity contribution is 0.125. The molecule has 2 nitrogen and oxygen atoms in total. The van der Waals surface area contributed by atoms with Crippen LogP contribution in [0.15, 0.2) is 78.9 Å². The highest BCUT2D eigenvalue weighted by Gasteiger charge is 2.34. The van der Waals surface area contributed by atoms with E-state index < -0.39 is 5.60 Å². The van der Waals surface area contributed by atoms with Crippen LogP contribution < -0.4 is 0 Å². The van der Waals surface area contributed by atoms with Gasteiger partial charge >= 0.3 is 0 Å². The van der Waals surface area contributed by atoms with E-state index >= 15 is 0 Å². The van der Waals surface area contributed by atoms with E-state index in [1.807, 2.05) is 60.7 Å². The molecule has 0 bridgehead atoms. The molecule has 0 atom stereocenters. The van der Waals surface area contributed by atoms with E-state index in [1.165, 1.54) is 37.9 Å². The average Bonchev–Trinajstić information content (AvgIpc) is 2.75. The lowest BCUT2D eigenvalue weighted by Crippen LogP contribution is -2.31. The summed E-state index contributed by atoms with van der Waals surface area (Å²) >= 11 is 0. The van der Waals surface area contributed by atoms with Gasteiger partial charge in [-0.2, -0.15) is 0 Å². The van der Waals surface area contributed by atoms with Crippen LogP contribution in [-0.2, 0) is 12.1 Å². The Morgan fingerprint density at radius 3 is 1.89 bits per heavy atom. The molecule has 0 radical (unpaired) electrons. The summed E-state index contributed by atoms with van der Waals surface area (Å²) in [5.74, 6) is 0. The standard InChI is InChI=1S/C26H29NO/c1-21-19-22(20-27-17-9-4-10-18-27)15-16-25(21)26(28,23-11-5-2-6-12-23)24-13-7-3-8-14-24/h2-3,5-8,11-16,19,28H,4,9-10,17-18,20H2,1H3. The number of hydrogen-bond acceptors (Lipinski definition) is 2. The predicted molar refractivity (Wildman–Crippen MR) is 115 cm³/mol. The van der Waals surface area contributed by atoms with Crippen molar-refractivity contribution in [3.8, 4) is 0 Å². The zero-order valence-corrected chi connectivity index (χ0v) is 16.6. The Kier molecular flexibility index (Phi) is 5.61. The van der Waals surface area contributed by atoms with E-state index in [2.05, 4.69) is 30.0 Å². The Labute approximate surface area is 168 Å². The van der Waals surface area contributed by atoms with E-state index in [4.69, 9.17) is 0 Å². The Morgan fingerprint density at radius 1 is 0.786 bits per heavy atom. The second kappa shape index (κ2) is 8.30. The van der Waals surface area contributed by atoms with E-state index in [-0.39, 0.29) is 0 Å². The van der Waals surface area contributed by atoms with Crippen molar-refractivity contribution in [3.63, 3.8) is 0 Å². The van der Waals surface area contributed by atoms with Crippen LogP contribution in [0.3, 0.4) is 0 Å². The van der Waals surface area contributed by atoms with Crippen molar-refractivity contribution < 1.29 is 5.11 Å². The molecule has 0 saturated carbocycles. The third-order valence-corrected chi connectivity index (χ3v) is 5.92. The molecule has 0 amide bonds. The molecule has 3 aromatic rings. The number of likely N-dealkylation sites (tertiary alicyclic amines) is 1. The van der Waals surface area contributed by atoms with Gasteiger partial charge in [-0.05, 0) is 60.7 Å². The van der Waals surface area contributed by atoms with Crippen molar-refractivity contribution >= 4 is 0 Å². The monoisotopic (exact) mass is 371 g/mol. The van der Waals surface area contributed by atoms with E-state index in [1.54, 1.807) is 0 Å². The first-order valence-electron chi connectivity index (χ1n) is 10.3. The van der Waals surface area contributed by atoms with Gasteiger partial charge in [0.15, 0.2) is 0 Å². The second-order valence-electron chi connectivity index (χ2n) is 7.93. The Balaban J connectivity index is 1.73. The number of benzene rings is 3. The van der Waals surface area contributed by atoms with Gasteiger partial charge in [0.25, 0.3) is 0 Å². The molecule has 144 valence electrons. The van der Waals surface area contributed by atoms with Gasteiger partial charge in [-0.25, -0.2) is 0 Å². The van der Waals surface area contributed by atoms with Gasteiger partial charge in [0.05, 0.1) is 0 Å². The lowest BCUT2D eigenvalue weighted by atomic mass is 9.78. The van der Waals surface area contributed by atoms with Crippen LogP contribution in [0.4, 0.5) is 0 Å². The van der Waals surface area contributed by atoms with Gasteiger partial charge in [-0.3, -0.25) is 4.90 Å². The van der Waals surface area contributed by atoms with Crippen molar-refractivity contribution in [1.82, 2.24) is 4.90 Å². The largest absolute Gasteiger partial charge is 0.376 e. The molecule has 28 heavy (non-hydrogen) atoms. The summed E-state index contributed by atoms with van der Waals surface area (Å²) in [6, 6.07) is 26.5. The highest BCUT2D eigenvalue weighted by atomic mass is 16.3. The number of rotatable bonds is 5. The number of nitrogens with zero attached hydrogens (tertiary/aromatic N) is 1. The predicted octanol–water partition coefficient (Wildman–Crippen LogP) is 5.27. The van der Waals surface area contributed by atoms with Gasteiger partial charge < -0.3 is 5.11 Å². The third kappa shape index (κ3) is 3.76. The summed E-state index contributed by atoms with van der Waals surface area (Å²) in [6.45, 7) is 5.50. The van der Waals surface area contributed by atoms with Crippen LogP contribution >= 0.6 is 0 Å². The summed E-state index contributed by atoms with van der Waals surface area (Å²) in [4.78, 5) is 2.54. The maximum atomic E-state index is 12.0. The molecule has 3 aromatic carbocycles. The van der Waals surface area contributed by atoms with Crippen LogP contribution in [0.25, 0.3) is 0 Å². The van der Waals surface area contributed by atoms with Crippen molar-refractivity contribution in [3.05, 3.63) is 107 Å². The molecular formula is C26H29NO. The Morgan fingerprint density at radius 2 is 1.36 bits per heavy atom. The molecule has 1 aliphatic heterocycles. The molecule has 1 fully saturated rings. The maximum absolute atomic E-state index is 12.0. The number of aliphatic hydroxyl groups is 1. The highest BCUT2D eigenvalue weighted by Crippen LogP contribution is 2.38. The smallest absolute Gasteiger partial charge is 0.140 e. The van der Waals surface area contributed by atoms with Crippen LogP contribution in [0.1, 0.15) is 47.1 Å². The molecule has 1 N–H and O–H groups in total. The van der Waals surface area contributed by atoms with Crippen molar-refractivity contribution in [2.45, 2.75) is 38.3 Å². The fourth-order valence-corrected chi connectivity index (χ4v) is 4.44. The van der Waals surface area contributed by atoms with Crippen molar-refractivity contribution in [2.75, 3.05) is 13.1 Å². The molecule has 4 rings (SSSR count). The molecule has 0 aliphatic carbocycles. The summed E-state index contributed by atoms with van der Waals surface area (Å²) in [7, 11) is 0. The second-order valence-corrected chi connectivity index (χ2v) is 7.93. The molecular weight excluding hydrogens is 342 g/mol. The van der Waals surface area contributed by atoms with Crippen molar-refractivity contribution in [2.24, 2.45) is 0 Å². The Bertz CT molecular complexity index is 859.